The predicted octanol–water partition coefficient (Wildman–Crippen LogP) is 2.60. The third kappa shape index (κ3) is 3.01. The summed E-state index contributed by atoms with van der Waals surface area (Å²) in [5, 5.41) is 20.7. The van der Waals surface area contributed by atoms with Crippen LogP contribution in [0.3, 0.4) is 0 Å². The normalized spacial score (nSPS) is 14.4. The van der Waals surface area contributed by atoms with E-state index in [4.69, 9.17) is 5.11 Å². The van der Waals surface area contributed by atoms with Crippen molar-refractivity contribution in [2.45, 2.75) is 33.5 Å². The molecule has 134 valence electrons. The van der Waals surface area contributed by atoms with Crippen molar-refractivity contribution in [3.8, 4) is 11.3 Å². The quantitative estimate of drug-likeness (QED) is 0.754. The van der Waals surface area contributed by atoms with E-state index in [0.717, 1.165) is 30.0 Å². The molecule has 1 aromatic carbocycles. The van der Waals surface area contributed by atoms with Crippen molar-refractivity contribution >= 4 is 5.97 Å². The highest BCUT2D eigenvalue weighted by Crippen LogP contribution is 2.27. The topological polar surface area (TPSA) is 87.0 Å². The lowest BCUT2D eigenvalue weighted by Gasteiger charge is -2.27. The van der Waals surface area contributed by atoms with Crippen molar-refractivity contribution in [1.82, 2.24) is 24.9 Å². The molecule has 0 fully saturated rings. The minimum Gasteiger partial charge on any atom is -0.476 e. The number of hydrogen-bond donors (Lipinski definition) is 2. The first-order valence-corrected chi connectivity index (χ1v) is 8.63. The summed E-state index contributed by atoms with van der Waals surface area (Å²) in [6.45, 7) is 7.14. The Morgan fingerprint density at radius 2 is 2.12 bits per heavy atom. The number of aromatic nitrogens is 4. The molecule has 0 unspecified atom stereocenters. The van der Waals surface area contributed by atoms with E-state index in [1.165, 1.54) is 16.7 Å². The molecule has 3 aromatic rings. The molecule has 0 saturated carbocycles. The Kier molecular flexibility index (Phi) is 4.08. The van der Waals surface area contributed by atoms with Gasteiger partial charge < -0.3 is 5.11 Å². The Bertz CT molecular complexity index is 972. The second-order valence-corrected chi connectivity index (χ2v) is 6.85. The van der Waals surface area contributed by atoms with Crippen molar-refractivity contribution in [2.75, 3.05) is 6.54 Å². The van der Waals surface area contributed by atoms with Crippen molar-refractivity contribution in [1.29, 1.82) is 0 Å². The maximum atomic E-state index is 11.1. The molecule has 4 rings (SSSR count). The van der Waals surface area contributed by atoms with Crippen LogP contribution in [0, 0.1) is 13.8 Å². The van der Waals surface area contributed by atoms with E-state index in [2.05, 4.69) is 52.2 Å². The molecule has 0 bridgehead atoms. The number of hydrogen-bond acceptors (Lipinski definition) is 4. The van der Waals surface area contributed by atoms with Gasteiger partial charge in [0, 0.05) is 30.8 Å². The van der Waals surface area contributed by atoms with Crippen LogP contribution in [-0.2, 0) is 19.6 Å². The highest BCUT2D eigenvalue weighted by molar-refractivity contribution is 5.85. The van der Waals surface area contributed by atoms with Gasteiger partial charge in [-0.05, 0) is 31.5 Å². The average molecular weight is 351 g/mol. The number of carbonyl (C=O) groups is 1. The van der Waals surface area contributed by atoms with Crippen LogP contribution in [0.15, 0.2) is 30.5 Å². The number of aryl methyl sites for hydroxylation is 2. The standard InChI is InChI=1S/C19H21N5O2/c1-12-3-4-13(2)16(7-12)18-14(9-20-21-18)10-23-5-6-24-15(11-23)8-17(22-24)19(25)26/h3-4,7-9H,5-6,10-11H2,1-2H3,(H,20,21)(H,25,26). The molecule has 0 spiro atoms. The molecule has 3 heterocycles. The fraction of sp³-hybridized carbons (Fsp3) is 0.316. The van der Waals surface area contributed by atoms with Gasteiger partial charge in [-0.1, -0.05) is 17.7 Å². The lowest BCUT2D eigenvalue weighted by Crippen LogP contribution is -2.33. The molecule has 1 aliphatic rings. The summed E-state index contributed by atoms with van der Waals surface area (Å²) in [5.41, 5.74) is 6.85. The monoisotopic (exact) mass is 351 g/mol. The van der Waals surface area contributed by atoms with Gasteiger partial charge in [0.1, 0.15) is 0 Å². The van der Waals surface area contributed by atoms with Gasteiger partial charge in [0.2, 0.25) is 0 Å². The lowest BCUT2D eigenvalue weighted by atomic mass is 10.00. The first-order valence-electron chi connectivity index (χ1n) is 8.63. The molecular formula is C19H21N5O2. The van der Waals surface area contributed by atoms with Crippen LogP contribution < -0.4 is 0 Å². The number of nitrogens with zero attached hydrogens (tertiary/aromatic N) is 4. The van der Waals surface area contributed by atoms with Gasteiger partial charge >= 0.3 is 5.97 Å². The Labute approximate surface area is 151 Å². The molecule has 7 heteroatoms. The van der Waals surface area contributed by atoms with Crippen LogP contribution in [0.1, 0.15) is 32.9 Å². The van der Waals surface area contributed by atoms with Crippen LogP contribution in [0.25, 0.3) is 11.3 Å². The van der Waals surface area contributed by atoms with E-state index in [1.807, 2.05) is 6.20 Å². The molecule has 0 aliphatic carbocycles. The SMILES string of the molecule is Cc1ccc(C)c(-c2[nH]ncc2CN2CCn3nc(C(=O)O)cc3C2)c1. The number of rotatable bonds is 4. The van der Waals surface area contributed by atoms with Crippen LogP contribution in [0.5, 0.6) is 0 Å². The first kappa shape index (κ1) is 16.5. The maximum Gasteiger partial charge on any atom is 0.356 e. The van der Waals surface area contributed by atoms with Gasteiger partial charge in [0.25, 0.3) is 0 Å². The predicted molar refractivity (Wildman–Crippen MR) is 96.8 cm³/mol. The fourth-order valence-corrected chi connectivity index (χ4v) is 3.47. The van der Waals surface area contributed by atoms with Gasteiger partial charge in [0.15, 0.2) is 5.69 Å². The molecule has 0 radical (unpaired) electrons. The van der Waals surface area contributed by atoms with Gasteiger partial charge in [-0.25, -0.2) is 4.79 Å². The summed E-state index contributed by atoms with van der Waals surface area (Å²) < 4.78 is 1.79. The second-order valence-electron chi connectivity index (χ2n) is 6.85. The van der Waals surface area contributed by atoms with E-state index in [-0.39, 0.29) is 5.69 Å². The molecule has 0 atom stereocenters. The average Bonchev–Trinajstić information content (AvgIpc) is 3.23. The van der Waals surface area contributed by atoms with Gasteiger partial charge in [-0.3, -0.25) is 14.7 Å². The number of carboxylic acids is 1. The van der Waals surface area contributed by atoms with Crippen LogP contribution in [0.4, 0.5) is 0 Å². The number of H-pyrrole nitrogens is 1. The summed E-state index contributed by atoms with van der Waals surface area (Å²) in [4.78, 5) is 13.4. The number of fused-ring (bicyclic) bond motifs is 1. The van der Waals surface area contributed by atoms with E-state index in [0.29, 0.717) is 13.1 Å². The maximum absolute atomic E-state index is 11.1. The highest BCUT2D eigenvalue weighted by atomic mass is 16.4. The summed E-state index contributed by atoms with van der Waals surface area (Å²) in [6.07, 6.45) is 1.88. The summed E-state index contributed by atoms with van der Waals surface area (Å²) >= 11 is 0. The van der Waals surface area contributed by atoms with E-state index in [9.17, 15) is 4.79 Å². The zero-order valence-corrected chi connectivity index (χ0v) is 14.9. The number of carboxylic acid groups (broad SMARTS) is 1. The molecule has 7 nitrogen and oxygen atoms in total. The molecule has 1 aliphatic heterocycles. The van der Waals surface area contributed by atoms with Crippen molar-refractivity contribution in [3.05, 3.63) is 58.5 Å². The van der Waals surface area contributed by atoms with Crippen LogP contribution >= 0.6 is 0 Å². The number of benzene rings is 1. The van der Waals surface area contributed by atoms with Gasteiger partial charge in [0.05, 0.1) is 24.1 Å². The fourth-order valence-electron chi connectivity index (χ4n) is 3.47. The number of aromatic amines is 1. The molecule has 0 saturated heterocycles. The lowest BCUT2D eigenvalue weighted by molar-refractivity contribution is 0.0689. The van der Waals surface area contributed by atoms with Crippen molar-refractivity contribution in [3.63, 3.8) is 0 Å². The van der Waals surface area contributed by atoms with Crippen molar-refractivity contribution < 1.29 is 9.90 Å². The minimum atomic E-state index is -0.981. The largest absolute Gasteiger partial charge is 0.476 e. The Morgan fingerprint density at radius 1 is 1.27 bits per heavy atom. The Morgan fingerprint density at radius 3 is 2.92 bits per heavy atom. The third-order valence-corrected chi connectivity index (χ3v) is 4.87. The van der Waals surface area contributed by atoms with E-state index >= 15 is 0 Å². The first-order chi connectivity index (χ1) is 12.5. The Balaban J connectivity index is 1.57. The van der Waals surface area contributed by atoms with Crippen LogP contribution in [-0.4, -0.2) is 42.5 Å². The van der Waals surface area contributed by atoms with E-state index in [1.54, 1.807) is 10.7 Å². The van der Waals surface area contributed by atoms with Crippen LogP contribution in [0.2, 0.25) is 0 Å². The third-order valence-electron chi connectivity index (χ3n) is 4.87. The second kappa shape index (κ2) is 6.42. The summed E-state index contributed by atoms with van der Waals surface area (Å²) in [7, 11) is 0. The minimum absolute atomic E-state index is 0.112. The number of nitrogens with one attached hydrogen (secondary N) is 1. The van der Waals surface area contributed by atoms with Gasteiger partial charge in [-0.2, -0.15) is 10.2 Å². The van der Waals surface area contributed by atoms with E-state index < -0.39 is 5.97 Å². The Hall–Kier alpha value is -2.93. The molecule has 26 heavy (non-hydrogen) atoms. The highest BCUT2D eigenvalue weighted by Gasteiger charge is 2.22. The smallest absolute Gasteiger partial charge is 0.356 e. The molecule has 2 aromatic heterocycles. The van der Waals surface area contributed by atoms with Crippen molar-refractivity contribution in [2.24, 2.45) is 0 Å². The zero-order valence-electron chi connectivity index (χ0n) is 14.9. The summed E-state index contributed by atoms with van der Waals surface area (Å²) in [6, 6.07) is 8.08. The molecule has 0 amide bonds. The number of aromatic carboxylic acids is 1. The summed E-state index contributed by atoms with van der Waals surface area (Å²) in [5.74, 6) is -0.981. The molecule has 2 N–H and O–H groups in total. The van der Waals surface area contributed by atoms with Gasteiger partial charge in [-0.15, -0.1) is 0 Å². The molecular weight excluding hydrogens is 330 g/mol. The zero-order chi connectivity index (χ0) is 18.3.